The third-order valence-corrected chi connectivity index (χ3v) is 4.80. The average Bonchev–Trinajstić information content (AvgIpc) is 2.48. The van der Waals surface area contributed by atoms with E-state index in [1.807, 2.05) is 0 Å². The van der Waals surface area contributed by atoms with Gasteiger partial charge in [-0.15, -0.1) is 0 Å². The van der Waals surface area contributed by atoms with Gasteiger partial charge in [0.15, 0.2) is 0 Å². The normalized spacial score (nSPS) is 15.2. The van der Waals surface area contributed by atoms with Crippen LogP contribution in [0, 0.1) is 5.92 Å². The molecule has 0 saturated heterocycles. The molecule has 0 bridgehead atoms. The zero-order valence-electron chi connectivity index (χ0n) is 14.8. The molecule has 0 aliphatic carbocycles. The molecule has 2 atom stereocenters. The highest BCUT2D eigenvalue weighted by molar-refractivity contribution is 5.19. The van der Waals surface area contributed by atoms with Crippen LogP contribution < -0.4 is 5.32 Å². The highest BCUT2D eigenvalue weighted by Gasteiger charge is 2.26. The van der Waals surface area contributed by atoms with Crippen molar-refractivity contribution in [3.8, 4) is 0 Å². The lowest BCUT2D eigenvalue weighted by atomic mass is 9.91. The Labute approximate surface area is 131 Å². The van der Waals surface area contributed by atoms with E-state index in [4.69, 9.17) is 0 Å². The quantitative estimate of drug-likeness (QED) is 0.721. The van der Waals surface area contributed by atoms with Gasteiger partial charge in [0.05, 0.1) is 0 Å². The minimum Gasteiger partial charge on any atom is -0.310 e. The molecule has 0 heterocycles. The maximum Gasteiger partial charge on any atom is 0.0358 e. The number of benzene rings is 1. The summed E-state index contributed by atoms with van der Waals surface area (Å²) in [6.45, 7) is 13.7. The predicted molar refractivity (Wildman–Crippen MR) is 93.6 cm³/mol. The minimum absolute atomic E-state index is 0.264. The summed E-state index contributed by atoms with van der Waals surface area (Å²) in [6, 6.07) is 11.3. The van der Waals surface area contributed by atoms with Crippen LogP contribution in [0.2, 0.25) is 0 Å². The maximum absolute atomic E-state index is 3.73. The molecule has 2 nitrogen and oxygen atoms in total. The molecule has 2 unspecified atom stereocenters. The van der Waals surface area contributed by atoms with Gasteiger partial charge in [0.2, 0.25) is 0 Å². The highest BCUT2D eigenvalue weighted by atomic mass is 15.2. The summed E-state index contributed by atoms with van der Waals surface area (Å²) >= 11 is 0. The number of nitrogens with zero attached hydrogens (tertiary/aromatic N) is 1. The third kappa shape index (κ3) is 5.44. The fraction of sp³-hybridized carbons (Fsp3) is 0.684. The Bertz CT molecular complexity index is 386. The van der Waals surface area contributed by atoms with Crippen molar-refractivity contribution in [1.82, 2.24) is 10.2 Å². The van der Waals surface area contributed by atoms with Gasteiger partial charge in [-0.05, 0) is 51.8 Å². The maximum atomic E-state index is 3.73. The van der Waals surface area contributed by atoms with E-state index < -0.39 is 0 Å². The summed E-state index contributed by atoms with van der Waals surface area (Å²) in [5.41, 5.74) is 1.67. The van der Waals surface area contributed by atoms with Crippen LogP contribution in [0.3, 0.4) is 0 Å². The van der Waals surface area contributed by atoms with Crippen molar-refractivity contribution in [3.63, 3.8) is 0 Å². The van der Waals surface area contributed by atoms with E-state index in [-0.39, 0.29) is 5.54 Å². The smallest absolute Gasteiger partial charge is 0.0358 e. The second kappa shape index (κ2) is 8.55. The average molecular weight is 290 g/mol. The van der Waals surface area contributed by atoms with E-state index in [0.29, 0.717) is 12.0 Å². The van der Waals surface area contributed by atoms with Crippen LogP contribution in [0.4, 0.5) is 0 Å². The number of nitrogens with one attached hydrogen (secondary N) is 1. The van der Waals surface area contributed by atoms with Crippen LogP contribution in [-0.2, 0) is 0 Å². The van der Waals surface area contributed by atoms with E-state index in [0.717, 1.165) is 13.1 Å². The molecule has 0 saturated carbocycles. The van der Waals surface area contributed by atoms with Crippen molar-refractivity contribution in [1.29, 1.82) is 0 Å². The fourth-order valence-electron chi connectivity index (χ4n) is 2.66. The molecule has 0 fully saturated rings. The van der Waals surface area contributed by atoms with Gasteiger partial charge < -0.3 is 10.2 Å². The lowest BCUT2D eigenvalue weighted by molar-refractivity contribution is 0.120. The van der Waals surface area contributed by atoms with Crippen LogP contribution in [0.25, 0.3) is 0 Å². The Balaban J connectivity index is 2.79. The van der Waals surface area contributed by atoms with Gasteiger partial charge >= 0.3 is 0 Å². The zero-order chi connectivity index (χ0) is 15.9. The first-order chi connectivity index (χ1) is 9.92. The molecule has 0 spiro atoms. The Morgan fingerprint density at radius 2 is 1.76 bits per heavy atom. The zero-order valence-corrected chi connectivity index (χ0v) is 14.8. The standard InChI is InChI=1S/C19H34N2/c1-7-14-20-18(17-12-10-9-11-13-17)16(3)15-21(6)19(4,5)8-2/h9-13,16,18,20H,7-8,14-15H2,1-6H3. The third-order valence-electron chi connectivity index (χ3n) is 4.80. The highest BCUT2D eigenvalue weighted by Crippen LogP contribution is 2.25. The Morgan fingerprint density at radius 3 is 2.29 bits per heavy atom. The van der Waals surface area contributed by atoms with Crippen molar-refractivity contribution >= 4 is 0 Å². The summed E-state index contributed by atoms with van der Waals surface area (Å²) in [7, 11) is 2.25. The van der Waals surface area contributed by atoms with Gasteiger partial charge in [-0.3, -0.25) is 0 Å². The summed E-state index contributed by atoms with van der Waals surface area (Å²) in [5, 5.41) is 3.73. The fourth-order valence-corrected chi connectivity index (χ4v) is 2.66. The molecular formula is C19H34N2. The van der Waals surface area contributed by atoms with Crippen molar-refractivity contribution in [2.24, 2.45) is 5.92 Å². The second-order valence-corrected chi connectivity index (χ2v) is 6.87. The number of rotatable bonds is 9. The van der Waals surface area contributed by atoms with Crippen molar-refractivity contribution in [2.45, 2.75) is 59.0 Å². The van der Waals surface area contributed by atoms with Crippen LogP contribution in [-0.4, -0.2) is 30.6 Å². The summed E-state index contributed by atoms with van der Waals surface area (Å²) in [5.74, 6) is 0.578. The van der Waals surface area contributed by atoms with Crippen LogP contribution >= 0.6 is 0 Å². The largest absolute Gasteiger partial charge is 0.310 e. The van der Waals surface area contributed by atoms with Crippen LogP contribution in [0.15, 0.2) is 30.3 Å². The van der Waals surface area contributed by atoms with E-state index >= 15 is 0 Å². The van der Waals surface area contributed by atoms with Crippen molar-refractivity contribution in [2.75, 3.05) is 20.1 Å². The van der Waals surface area contributed by atoms with Crippen LogP contribution in [0.1, 0.15) is 59.1 Å². The first kappa shape index (κ1) is 18.2. The topological polar surface area (TPSA) is 15.3 Å². The molecular weight excluding hydrogens is 256 g/mol. The van der Waals surface area contributed by atoms with Gasteiger partial charge in [0.25, 0.3) is 0 Å². The molecule has 1 aromatic carbocycles. The van der Waals surface area contributed by atoms with E-state index in [1.54, 1.807) is 0 Å². The molecule has 1 aromatic rings. The monoisotopic (exact) mass is 290 g/mol. The van der Waals surface area contributed by atoms with Gasteiger partial charge in [-0.2, -0.15) is 0 Å². The van der Waals surface area contributed by atoms with Crippen molar-refractivity contribution in [3.05, 3.63) is 35.9 Å². The van der Waals surface area contributed by atoms with E-state index in [9.17, 15) is 0 Å². The Hall–Kier alpha value is -0.860. The van der Waals surface area contributed by atoms with Crippen LogP contribution in [0.5, 0.6) is 0 Å². The predicted octanol–water partition coefficient (Wildman–Crippen LogP) is 4.48. The molecule has 0 aliphatic heterocycles. The molecule has 0 radical (unpaired) electrons. The Morgan fingerprint density at radius 1 is 1.14 bits per heavy atom. The molecule has 120 valence electrons. The van der Waals surface area contributed by atoms with Gasteiger partial charge in [-0.25, -0.2) is 0 Å². The van der Waals surface area contributed by atoms with Gasteiger partial charge in [0.1, 0.15) is 0 Å². The molecule has 2 heteroatoms. The SMILES string of the molecule is CCCNC(c1ccccc1)C(C)CN(C)C(C)(C)CC. The molecule has 1 rings (SSSR count). The number of hydrogen-bond donors (Lipinski definition) is 1. The molecule has 21 heavy (non-hydrogen) atoms. The first-order valence-electron chi connectivity index (χ1n) is 8.42. The molecule has 0 aromatic heterocycles. The Kier molecular flexibility index (Phi) is 7.41. The van der Waals surface area contributed by atoms with Crippen molar-refractivity contribution < 1.29 is 0 Å². The lowest BCUT2D eigenvalue weighted by Crippen LogP contribution is -2.44. The molecule has 0 amide bonds. The second-order valence-electron chi connectivity index (χ2n) is 6.87. The van der Waals surface area contributed by atoms with E-state index in [2.05, 4.69) is 82.2 Å². The molecule has 1 N–H and O–H groups in total. The summed E-state index contributed by atoms with van der Waals surface area (Å²) < 4.78 is 0. The lowest BCUT2D eigenvalue weighted by Gasteiger charge is -2.38. The van der Waals surface area contributed by atoms with Gasteiger partial charge in [-0.1, -0.05) is 51.1 Å². The minimum atomic E-state index is 0.264. The summed E-state index contributed by atoms with van der Waals surface area (Å²) in [6.07, 6.45) is 2.35. The summed E-state index contributed by atoms with van der Waals surface area (Å²) in [4.78, 5) is 2.50. The molecule has 0 aliphatic rings. The first-order valence-corrected chi connectivity index (χ1v) is 8.42. The van der Waals surface area contributed by atoms with E-state index in [1.165, 1.54) is 18.4 Å². The number of hydrogen-bond acceptors (Lipinski definition) is 2. The van der Waals surface area contributed by atoms with Gasteiger partial charge in [0, 0.05) is 18.1 Å².